The zero-order valence-corrected chi connectivity index (χ0v) is 13.8. The van der Waals surface area contributed by atoms with E-state index in [-0.39, 0.29) is 0 Å². The number of hydrogen-bond acceptors (Lipinski definition) is 0. The molecule has 2 fully saturated rings. The second-order valence-electron chi connectivity index (χ2n) is 7.61. The summed E-state index contributed by atoms with van der Waals surface area (Å²) < 4.78 is 0. The first-order valence-electron chi connectivity index (χ1n) is 8.12. The van der Waals surface area contributed by atoms with Crippen molar-refractivity contribution >= 4 is 13.3 Å². The average molecular weight is 273 g/mol. The van der Waals surface area contributed by atoms with Crippen molar-refractivity contribution in [3.05, 3.63) is 30.3 Å². The smallest absolute Gasteiger partial charge is 0.0652 e. The Bertz CT molecular complexity index is 428. The van der Waals surface area contributed by atoms with Crippen molar-refractivity contribution in [2.45, 2.75) is 64.1 Å². The molecule has 0 aliphatic heterocycles. The summed E-state index contributed by atoms with van der Waals surface area (Å²) in [6.07, 6.45) is 9.08. The predicted octanol–water partition coefficient (Wildman–Crippen LogP) is 4.96. The molecular weight excluding hydrogens is 244 g/mol. The van der Waals surface area contributed by atoms with Crippen LogP contribution in [0.25, 0.3) is 0 Å². The van der Waals surface area contributed by atoms with Crippen molar-refractivity contribution in [2.24, 2.45) is 11.3 Å². The molecule has 0 amide bonds. The molecule has 2 aliphatic rings. The molecule has 104 valence electrons. The lowest BCUT2D eigenvalue weighted by Gasteiger charge is -2.33. The summed E-state index contributed by atoms with van der Waals surface area (Å²) in [7, 11) is -1.29. The Kier molecular flexibility index (Phi) is 3.37. The number of rotatable bonds is 3. The SMILES string of the molecule is CC(C1CC12CCCCC2)[Si](C)(C)c1ccccc1. The van der Waals surface area contributed by atoms with Crippen LogP contribution in [0.5, 0.6) is 0 Å². The van der Waals surface area contributed by atoms with Gasteiger partial charge < -0.3 is 0 Å². The van der Waals surface area contributed by atoms with E-state index in [1.54, 1.807) is 5.19 Å². The Balaban J connectivity index is 1.76. The number of benzene rings is 1. The Morgan fingerprint density at radius 1 is 1.05 bits per heavy atom. The summed E-state index contributed by atoms with van der Waals surface area (Å²) in [4.78, 5) is 0. The lowest BCUT2D eigenvalue weighted by molar-refractivity contribution is 0.304. The van der Waals surface area contributed by atoms with E-state index in [1.165, 1.54) is 38.5 Å². The molecule has 0 bridgehead atoms. The topological polar surface area (TPSA) is 0 Å². The highest BCUT2D eigenvalue weighted by molar-refractivity contribution is 6.91. The second-order valence-corrected chi connectivity index (χ2v) is 12.5. The summed E-state index contributed by atoms with van der Waals surface area (Å²) in [6, 6.07) is 11.3. The second kappa shape index (κ2) is 4.77. The van der Waals surface area contributed by atoms with Crippen molar-refractivity contribution in [3.8, 4) is 0 Å². The summed E-state index contributed by atoms with van der Waals surface area (Å²) >= 11 is 0. The first kappa shape index (κ1) is 13.4. The van der Waals surface area contributed by atoms with Crippen LogP contribution < -0.4 is 5.19 Å². The molecule has 1 heteroatoms. The van der Waals surface area contributed by atoms with Crippen LogP contribution in [-0.4, -0.2) is 8.07 Å². The molecule has 1 aromatic rings. The van der Waals surface area contributed by atoms with Crippen molar-refractivity contribution in [3.63, 3.8) is 0 Å². The lowest BCUT2D eigenvalue weighted by atomic mass is 9.84. The zero-order valence-electron chi connectivity index (χ0n) is 12.8. The Morgan fingerprint density at radius 2 is 1.68 bits per heavy atom. The van der Waals surface area contributed by atoms with Crippen LogP contribution in [0.2, 0.25) is 18.6 Å². The molecule has 1 spiro atoms. The fourth-order valence-corrected chi connectivity index (χ4v) is 7.61. The summed E-state index contributed by atoms with van der Waals surface area (Å²) in [5.74, 6) is 1.04. The maximum Gasteiger partial charge on any atom is 0.0837 e. The van der Waals surface area contributed by atoms with Crippen molar-refractivity contribution < 1.29 is 0 Å². The molecule has 0 radical (unpaired) electrons. The van der Waals surface area contributed by atoms with Crippen molar-refractivity contribution in [1.29, 1.82) is 0 Å². The van der Waals surface area contributed by atoms with E-state index in [1.807, 2.05) is 0 Å². The average Bonchev–Trinajstić information content (AvgIpc) is 3.13. The van der Waals surface area contributed by atoms with Crippen LogP contribution in [0.4, 0.5) is 0 Å². The van der Waals surface area contributed by atoms with Crippen LogP contribution in [0.15, 0.2) is 30.3 Å². The van der Waals surface area contributed by atoms with Gasteiger partial charge in [-0.25, -0.2) is 0 Å². The summed E-state index contributed by atoms with van der Waals surface area (Å²) in [6.45, 7) is 7.73. The van der Waals surface area contributed by atoms with Gasteiger partial charge in [0.15, 0.2) is 0 Å². The van der Waals surface area contributed by atoms with E-state index >= 15 is 0 Å². The third kappa shape index (κ3) is 2.31. The summed E-state index contributed by atoms with van der Waals surface area (Å²) in [5, 5.41) is 1.65. The van der Waals surface area contributed by atoms with E-state index in [9.17, 15) is 0 Å². The van der Waals surface area contributed by atoms with E-state index in [4.69, 9.17) is 0 Å². The van der Waals surface area contributed by atoms with Crippen LogP contribution in [-0.2, 0) is 0 Å². The minimum atomic E-state index is -1.29. The first-order chi connectivity index (χ1) is 9.06. The van der Waals surface area contributed by atoms with Gasteiger partial charge in [-0.1, -0.05) is 74.8 Å². The normalized spacial score (nSPS) is 27.2. The highest BCUT2D eigenvalue weighted by Gasteiger charge is 2.58. The Labute approximate surface area is 119 Å². The molecule has 2 saturated carbocycles. The molecular formula is C18H28Si. The van der Waals surface area contributed by atoms with E-state index < -0.39 is 8.07 Å². The molecule has 0 N–H and O–H groups in total. The van der Waals surface area contributed by atoms with E-state index in [0.29, 0.717) is 0 Å². The number of hydrogen-bond donors (Lipinski definition) is 0. The van der Waals surface area contributed by atoms with Crippen molar-refractivity contribution in [1.82, 2.24) is 0 Å². The third-order valence-corrected chi connectivity index (χ3v) is 10.9. The van der Waals surface area contributed by atoms with Gasteiger partial charge in [0.05, 0.1) is 8.07 Å². The molecule has 2 aliphatic carbocycles. The molecule has 2 atom stereocenters. The lowest BCUT2D eigenvalue weighted by Crippen LogP contribution is -2.46. The van der Waals surface area contributed by atoms with Gasteiger partial charge in [0, 0.05) is 0 Å². The highest BCUT2D eigenvalue weighted by atomic mass is 28.3. The van der Waals surface area contributed by atoms with Gasteiger partial charge in [0.25, 0.3) is 0 Å². The molecule has 0 aromatic heterocycles. The predicted molar refractivity (Wildman–Crippen MR) is 86.6 cm³/mol. The summed E-state index contributed by atoms with van der Waals surface area (Å²) in [5.41, 5.74) is 1.73. The first-order valence-corrected chi connectivity index (χ1v) is 11.2. The maximum atomic E-state index is 2.59. The molecule has 0 heterocycles. The quantitative estimate of drug-likeness (QED) is 0.682. The fraction of sp³-hybridized carbons (Fsp3) is 0.667. The zero-order chi connectivity index (χ0) is 13.5. The molecule has 3 rings (SSSR count). The van der Waals surface area contributed by atoms with Gasteiger partial charge in [-0.15, -0.1) is 0 Å². The minimum Gasteiger partial charge on any atom is -0.0652 e. The van der Waals surface area contributed by atoms with E-state index in [2.05, 4.69) is 50.3 Å². The van der Waals surface area contributed by atoms with Gasteiger partial charge in [0.1, 0.15) is 0 Å². The van der Waals surface area contributed by atoms with Crippen LogP contribution >= 0.6 is 0 Å². The molecule has 1 aromatic carbocycles. The maximum absolute atomic E-state index is 2.59. The van der Waals surface area contributed by atoms with E-state index in [0.717, 1.165) is 16.9 Å². The van der Waals surface area contributed by atoms with Gasteiger partial charge >= 0.3 is 0 Å². The third-order valence-electron chi connectivity index (χ3n) is 6.36. The van der Waals surface area contributed by atoms with Crippen LogP contribution in [0, 0.1) is 11.3 Å². The molecule has 2 unspecified atom stereocenters. The van der Waals surface area contributed by atoms with Gasteiger partial charge in [0.2, 0.25) is 0 Å². The van der Waals surface area contributed by atoms with Gasteiger partial charge in [-0.2, -0.15) is 0 Å². The van der Waals surface area contributed by atoms with Crippen LogP contribution in [0.3, 0.4) is 0 Å². The molecule has 19 heavy (non-hydrogen) atoms. The largest absolute Gasteiger partial charge is 0.0837 e. The standard InChI is InChI=1S/C18H28Si/c1-15(17-14-18(17)12-8-5-9-13-18)19(2,3)16-10-6-4-7-11-16/h4,6-7,10-11,15,17H,5,8-9,12-14H2,1-3H3. The molecule has 0 nitrogen and oxygen atoms in total. The highest BCUT2D eigenvalue weighted by Crippen LogP contribution is 2.67. The fourth-order valence-electron chi connectivity index (χ4n) is 4.55. The van der Waals surface area contributed by atoms with Crippen molar-refractivity contribution in [2.75, 3.05) is 0 Å². The Hall–Kier alpha value is -0.563. The minimum absolute atomic E-state index is 0.788. The molecule has 0 saturated heterocycles. The van der Waals surface area contributed by atoms with Gasteiger partial charge in [-0.05, 0) is 36.1 Å². The van der Waals surface area contributed by atoms with Gasteiger partial charge in [-0.3, -0.25) is 0 Å². The Morgan fingerprint density at radius 3 is 2.32 bits per heavy atom. The monoisotopic (exact) mass is 272 g/mol. The van der Waals surface area contributed by atoms with Crippen LogP contribution in [0.1, 0.15) is 45.4 Å².